The summed E-state index contributed by atoms with van der Waals surface area (Å²) >= 11 is 6.13. The number of hydrogen-bond donors (Lipinski definition) is 2. The number of rotatable bonds is 6. The highest BCUT2D eigenvalue weighted by molar-refractivity contribution is 6.31. The van der Waals surface area contributed by atoms with Crippen molar-refractivity contribution in [3.63, 3.8) is 0 Å². The Morgan fingerprint density at radius 1 is 1.03 bits per heavy atom. The molecule has 3 aromatic heterocycles. The maximum absolute atomic E-state index is 12.9. The van der Waals surface area contributed by atoms with Gasteiger partial charge >= 0.3 is 0 Å². The number of anilines is 2. The minimum atomic E-state index is -0.384. The summed E-state index contributed by atoms with van der Waals surface area (Å²) < 4.78 is 4.71. The van der Waals surface area contributed by atoms with Crippen LogP contribution in [-0.4, -0.2) is 41.2 Å². The van der Waals surface area contributed by atoms with Crippen LogP contribution in [0.4, 0.5) is 11.4 Å². The van der Waals surface area contributed by atoms with Crippen molar-refractivity contribution in [2.24, 2.45) is 7.05 Å². The maximum Gasteiger partial charge on any atom is 0.276 e. The van der Waals surface area contributed by atoms with E-state index >= 15 is 0 Å². The Hall–Kier alpha value is -3.14. The van der Waals surface area contributed by atoms with Gasteiger partial charge in [0, 0.05) is 13.6 Å². The molecule has 0 saturated heterocycles. The lowest BCUT2D eigenvalue weighted by Crippen LogP contribution is -2.24. The molecule has 0 bridgehead atoms. The van der Waals surface area contributed by atoms with Gasteiger partial charge in [-0.15, -0.1) is 0 Å². The molecule has 3 rings (SSSR count). The van der Waals surface area contributed by atoms with Crippen molar-refractivity contribution in [2.45, 2.75) is 40.8 Å². The largest absolute Gasteiger partial charge is 0.321 e. The van der Waals surface area contributed by atoms with Crippen LogP contribution in [0.5, 0.6) is 0 Å². The van der Waals surface area contributed by atoms with Crippen molar-refractivity contribution in [1.82, 2.24) is 29.3 Å². The zero-order valence-corrected chi connectivity index (χ0v) is 17.7. The van der Waals surface area contributed by atoms with Crippen LogP contribution in [-0.2, 0) is 24.9 Å². The zero-order valence-electron chi connectivity index (χ0n) is 16.9. The van der Waals surface area contributed by atoms with Crippen molar-refractivity contribution >= 4 is 34.8 Å². The molecule has 0 aliphatic heterocycles. The highest BCUT2D eigenvalue weighted by atomic mass is 35.5. The number of amides is 2. The predicted molar refractivity (Wildman–Crippen MR) is 109 cm³/mol. The van der Waals surface area contributed by atoms with E-state index in [0.29, 0.717) is 34.3 Å². The summed E-state index contributed by atoms with van der Waals surface area (Å²) in [6, 6.07) is 0. The van der Waals surface area contributed by atoms with Gasteiger partial charge in [-0.3, -0.25) is 23.6 Å². The number of nitrogens with one attached hydrogen (secondary N) is 2. The molecule has 0 atom stereocenters. The van der Waals surface area contributed by atoms with Gasteiger partial charge in [-0.2, -0.15) is 15.3 Å². The van der Waals surface area contributed by atoms with Gasteiger partial charge in [0.15, 0.2) is 0 Å². The second-order valence-electron chi connectivity index (χ2n) is 6.63. The SMILES string of the molecule is CCn1ncc(NC(=O)Cn2nc(C)c(Cl)c2C)c1C(=O)Nc1cnn(C)c1C. The number of carbonyl (C=O) groups excluding carboxylic acids is 2. The van der Waals surface area contributed by atoms with Crippen molar-refractivity contribution in [1.29, 1.82) is 0 Å². The highest BCUT2D eigenvalue weighted by Crippen LogP contribution is 2.21. The van der Waals surface area contributed by atoms with E-state index in [4.69, 9.17) is 11.6 Å². The molecule has 0 saturated carbocycles. The number of aryl methyl sites for hydroxylation is 3. The standard InChI is InChI=1S/C18H23ClN8O2/c1-6-26-17(18(29)23-13-7-20-25(5)11(13)3)14(8-21-26)22-15(28)9-27-12(4)16(19)10(2)24-27/h7-8H,6,9H2,1-5H3,(H,22,28)(H,23,29). The normalized spacial score (nSPS) is 11.0. The van der Waals surface area contributed by atoms with Crippen LogP contribution in [0.2, 0.25) is 5.02 Å². The van der Waals surface area contributed by atoms with Crippen LogP contribution in [0.1, 0.15) is 34.5 Å². The first-order chi connectivity index (χ1) is 13.7. The zero-order chi connectivity index (χ0) is 21.3. The highest BCUT2D eigenvalue weighted by Gasteiger charge is 2.22. The van der Waals surface area contributed by atoms with E-state index in [-0.39, 0.29) is 24.1 Å². The Morgan fingerprint density at radius 2 is 1.72 bits per heavy atom. The van der Waals surface area contributed by atoms with E-state index in [1.54, 1.807) is 31.8 Å². The van der Waals surface area contributed by atoms with Crippen LogP contribution in [0.3, 0.4) is 0 Å². The second-order valence-corrected chi connectivity index (χ2v) is 7.01. The summed E-state index contributed by atoms with van der Waals surface area (Å²) in [5.41, 5.74) is 3.35. The van der Waals surface area contributed by atoms with Gasteiger partial charge in [0.2, 0.25) is 5.91 Å². The molecule has 0 spiro atoms. The Balaban J connectivity index is 1.80. The minimum Gasteiger partial charge on any atom is -0.321 e. The number of halogens is 1. The third-order valence-electron chi connectivity index (χ3n) is 4.70. The lowest BCUT2D eigenvalue weighted by Gasteiger charge is -2.10. The Labute approximate surface area is 172 Å². The van der Waals surface area contributed by atoms with Crippen molar-refractivity contribution in [3.8, 4) is 0 Å². The average Bonchev–Trinajstić information content (AvgIpc) is 3.30. The van der Waals surface area contributed by atoms with Crippen LogP contribution in [0.15, 0.2) is 12.4 Å². The molecular weight excluding hydrogens is 396 g/mol. The van der Waals surface area contributed by atoms with Gasteiger partial charge in [-0.1, -0.05) is 11.6 Å². The summed E-state index contributed by atoms with van der Waals surface area (Å²) in [4.78, 5) is 25.4. The van der Waals surface area contributed by atoms with E-state index in [0.717, 1.165) is 5.69 Å². The molecule has 3 aromatic rings. The quantitative estimate of drug-likeness (QED) is 0.638. The summed E-state index contributed by atoms with van der Waals surface area (Å²) in [6.45, 7) is 7.72. The molecule has 0 unspecified atom stereocenters. The first kappa shape index (κ1) is 20.6. The third kappa shape index (κ3) is 4.02. The molecule has 154 valence electrons. The van der Waals surface area contributed by atoms with Gasteiger partial charge in [0.1, 0.15) is 12.2 Å². The fourth-order valence-electron chi connectivity index (χ4n) is 2.91. The van der Waals surface area contributed by atoms with E-state index < -0.39 is 0 Å². The topological polar surface area (TPSA) is 112 Å². The second kappa shape index (κ2) is 8.08. The molecule has 0 aliphatic rings. The van der Waals surface area contributed by atoms with E-state index in [2.05, 4.69) is 25.9 Å². The number of nitrogens with zero attached hydrogens (tertiary/aromatic N) is 6. The first-order valence-electron chi connectivity index (χ1n) is 9.08. The molecule has 10 nitrogen and oxygen atoms in total. The van der Waals surface area contributed by atoms with E-state index in [1.165, 1.54) is 15.6 Å². The molecule has 0 radical (unpaired) electrons. The van der Waals surface area contributed by atoms with Crippen molar-refractivity contribution < 1.29 is 9.59 Å². The van der Waals surface area contributed by atoms with E-state index in [1.807, 2.05) is 13.8 Å². The molecule has 29 heavy (non-hydrogen) atoms. The van der Waals surface area contributed by atoms with Gasteiger partial charge < -0.3 is 10.6 Å². The van der Waals surface area contributed by atoms with Crippen molar-refractivity contribution in [2.75, 3.05) is 10.6 Å². The summed E-state index contributed by atoms with van der Waals surface area (Å²) in [6.07, 6.45) is 3.03. The van der Waals surface area contributed by atoms with Crippen molar-refractivity contribution in [3.05, 3.63) is 40.2 Å². The summed E-state index contributed by atoms with van der Waals surface area (Å²) in [7, 11) is 1.79. The smallest absolute Gasteiger partial charge is 0.276 e. The Kier molecular flexibility index (Phi) is 5.73. The monoisotopic (exact) mass is 418 g/mol. The van der Waals surface area contributed by atoms with Gasteiger partial charge in [0.05, 0.1) is 45.9 Å². The van der Waals surface area contributed by atoms with Gasteiger partial charge in [0.25, 0.3) is 5.91 Å². The molecule has 2 amide bonds. The fourth-order valence-corrected chi connectivity index (χ4v) is 3.05. The molecule has 11 heteroatoms. The third-order valence-corrected chi connectivity index (χ3v) is 5.25. The Bertz CT molecular complexity index is 1080. The summed E-state index contributed by atoms with van der Waals surface area (Å²) in [5.74, 6) is -0.723. The van der Waals surface area contributed by atoms with Crippen LogP contribution in [0.25, 0.3) is 0 Å². The minimum absolute atomic E-state index is 0.0283. The Morgan fingerprint density at radius 3 is 2.28 bits per heavy atom. The average molecular weight is 419 g/mol. The molecule has 2 N–H and O–H groups in total. The fraction of sp³-hybridized carbons (Fsp3) is 0.389. The van der Waals surface area contributed by atoms with E-state index in [9.17, 15) is 9.59 Å². The molecule has 0 aromatic carbocycles. The number of aromatic nitrogens is 6. The lowest BCUT2D eigenvalue weighted by molar-refractivity contribution is -0.116. The lowest BCUT2D eigenvalue weighted by atomic mass is 10.3. The van der Waals surface area contributed by atoms with Crippen LogP contribution in [0, 0.1) is 20.8 Å². The van der Waals surface area contributed by atoms with Gasteiger partial charge in [-0.05, 0) is 27.7 Å². The predicted octanol–water partition coefficient (Wildman–Crippen LogP) is 2.30. The van der Waals surface area contributed by atoms with Crippen LogP contribution >= 0.6 is 11.6 Å². The molecule has 0 aliphatic carbocycles. The first-order valence-corrected chi connectivity index (χ1v) is 9.45. The molecule has 0 fully saturated rings. The summed E-state index contributed by atoms with van der Waals surface area (Å²) in [5, 5.41) is 18.7. The number of hydrogen-bond acceptors (Lipinski definition) is 5. The van der Waals surface area contributed by atoms with Crippen LogP contribution < -0.4 is 10.6 Å². The van der Waals surface area contributed by atoms with Gasteiger partial charge in [-0.25, -0.2) is 0 Å². The number of carbonyl (C=O) groups is 2. The maximum atomic E-state index is 12.9. The molecule has 3 heterocycles. The molecular formula is C18H23ClN8O2.